The maximum absolute atomic E-state index is 9.01. The van der Waals surface area contributed by atoms with Crippen molar-refractivity contribution in [3.8, 4) is 23.0 Å². The van der Waals surface area contributed by atoms with E-state index in [2.05, 4.69) is 98.7 Å². The minimum Gasteiger partial charge on any atom is -0.508 e. The van der Waals surface area contributed by atoms with Crippen LogP contribution in [0.1, 0.15) is 174 Å². The van der Waals surface area contributed by atoms with Crippen LogP contribution < -0.4 is 14.2 Å². The van der Waals surface area contributed by atoms with Crippen molar-refractivity contribution in [2.75, 3.05) is 19.8 Å². The van der Waals surface area contributed by atoms with Crippen molar-refractivity contribution < 1.29 is 33.5 Å². The maximum Gasteiger partial charge on any atom is 0.199 e. The van der Waals surface area contributed by atoms with Crippen molar-refractivity contribution in [3.05, 3.63) is 119 Å². The lowest BCUT2D eigenvalue weighted by molar-refractivity contribution is -0.0804. The molecule has 0 bridgehead atoms. The minimum absolute atomic E-state index is 0.130. The van der Waals surface area contributed by atoms with Gasteiger partial charge in [0.05, 0.1) is 13.2 Å². The fraction of sp³-hybridized carbons (Fsp3) is 0.547. The molecule has 7 unspecified atom stereocenters. The Bertz CT molecular complexity index is 1560. The second kappa shape index (κ2) is 30.1. The molecule has 334 valence electrons. The molecule has 0 aliphatic carbocycles. The molecule has 4 rings (SSSR count). The van der Waals surface area contributed by atoms with E-state index in [1.54, 1.807) is 12.1 Å². The normalized spacial score (nSPS) is 14.5. The Morgan fingerprint density at radius 1 is 0.383 bits per heavy atom. The Hall–Kier alpha value is -4.04. The number of hydrogen-bond donors (Lipinski definition) is 1. The average molecular weight is 829 g/mol. The second-order valence-electron chi connectivity index (χ2n) is 15.8. The zero-order valence-corrected chi connectivity index (χ0v) is 39.2. The summed E-state index contributed by atoms with van der Waals surface area (Å²) in [5.74, 6) is 5.27. The molecule has 0 aliphatic heterocycles. The van der Waals surface area contributed by atoms with Crippen LogP contribution in [-0.2, 0) is 14.2 Å². The SMILES string of the molecule is CCC(C)c1ccc(O)cc1.CCC(C)c1ccc(OC(C)OCCCCOC(C)Oc2ccc(C(C)CC)cc2)cc1.CCOC(CC)Oc1ccc(C(C)CC)cc1. The lowest BCUT2D eigenvalue weighted by Gasteiger charge is -2.17. The summed E-state index contributed by atoms with van der Waals surface area (Å²) in [6.45, 7) is 27.6. The Labute approximate surface area is 365 Å². The van der Waals surface area contributed by atoms with Crippen LogP contribution in [0.4, 0.5) is 0 Å². The largest absolute Gasteiger partial charge is 0.508 e. The molecule has 0 amide bonds. The number of phenolic OH excluding ortho intramolecular Hbond substituents is 1. The lowest BCUT2D eigenvalue weighted by Crippen LogP contribution is -2.19. The van der Waals surface area contributed by atoms with Gasteiger partial charge in [-0.05, 0) is 154 Å². The summed E-state index contributed by atoms with van der Waals surface area (Å²) >= 11 is 0. The van der Waals surface area contributed by atoms with Gasteiger partial charge in [-0.3, -0.25) is 0 Å². The number of rotatable bonds is 24. The van der Waals surface area contributed by atoms with Gasteiger partial charge in [-0.2, -0.15) is 0 Å². The molecule has 7 nitrogen and oxygen atoms in total. The molecule has 0 saturated carbocycles. The zero-order chi connectivity index (χ0) is 44.3. The molecule has 7 heteroatoms. The molecular weight excluding hydrogens is 749 g/mol. The van der Waals surface area contributed by atoms with E-state index in [9.17, 15) is 0 Å². The molecule has 7 atom stereocenters. The molecule has 0 fully saturated rings. The number of hydrogen-bond acceptors (Lipinski definition) is 7. The highest BCUT2D eigenvalue weighted by Crippen LogP contribution is 2.25. The first kappa shape index (κ1) is 52.1. The molecule has 0 heterocycles. The van der Waals surface area contributed by atoms with Crippen molar-refractivity contribution in [1.82, 2.24) is 0 Å². The number of phenols is 1. The Morgan fingerprint density at radius 2 is 0.683 bits per heavy atom. The Balaban J connectivity index is 0.000000366. The number of aromatic hydroxyl groups is 1. The molecule has 0 spiro atoms. The molecule has 0 radical (unpaired) electrons. The van der Waals surface area contributed by atoms with Crippen LogP contribution in [0.15, 0.2) is 97.1 Å². The maximum atomic E-state index is 9.01. The van der Waals surface area contributed by atoms with Gasteiger partial charge in [-0.25, -0.2) is 0 Å². The summed E-state index contributed by atoms with van der Waals surface area (Å²) in [5.41, 5.74) is 5.35. The minimum atomic E-state index is -0.272. The number of benzene rings is 4. The fourth-order valence-electron chi connectivity index (χ4n) is 6.10. The highest BCUT2D eigenvalue weighted by Gasteiger charge is 2.10. The average Bonchev–Trinajstić information content (AvgIpc) is 3.27. The van der Waals surface area contributed by atoms with E-state index in [0.29, 0.717) is 49.2 Å². The van der Waals surface area contributed by atoms with Gasteiger partial charge in [0.2, 0.25) is 0 Å². The summed E-state index contributed by atoms with van der Waals surface area (Å²) in [4.78, 5) is 0. The van der Waals surface area contributed by atoms with E-state index < -0.39 is 0 Å². The molecule has 4 aromatic carbocycles. The summed E-state index contributed by atoms with van der Waals surface area (Å²) in [7, 11) is 0. The van der Waals surface area contributed by atoms with E-state index >= 15 is 0 Å². The monoisotopic (exact) mass is 829 g/mol. The third kappa shape index (κ3) is 20.5. The topological polar surface area (TPSA) is 75.6 Å². The van der Waals surface area contributed by atoms with E-state index in [1.807, 2.05) is 69.3 Å². The van der Waals surface area contributed by atoms with Gasteiger partial charge in [0.15, 0.2) is 18.9 Å². The Morgan fingerprint density at radius 3 is 0.967 bits per heavy atom. The van der Waals surface area contributed by atoms with Crippen molar-refractivity contribution in [2.45, 2.75) is 171 Å². The molecule has 0 saturated heterocycles. The van der Waals surface area contributed by atoms with Gasteiger partial charge in [-0.15, -0.1) is 0 Å². The first-order valence-corrected chi connectivity index (χ1v) is 22.8. The highest BCUT2D eigenvalue weighted by molar-refractivity contribution is 5.31. The lowest BCUT2D eigenvalue weighted by atomic mass is 9.99. The van der Waals surface area contributed by atoms with Crippen LogP contribution in [0.2, 0.25) is 0 Å². The standard InChI is InChI=1S/C28H42O4.C15H24O2.C10H14O/c1-7-21(3)25-11-15-27(16-12-25)31-23(5)29-19-9-10-20-30-24(6)32-28-17-13-26(14-18-28)22(4)8-2;1-5-12(4)13-8-10-14(11-9-13)17-15(6-2)16-7-3;1-3-8(2)9-4-6-10(11)7-5-9/h11-18,21-24H,7-10,19-20H2,1-6H3;8-12,15H,5-7H2,1-4H3;4-8,11H,3H2,1-2H3. The van der Waals surface area contributed by atoms with Crippen LogP contribution in [-0.4, -0.2) is 43.8 Å². The van der Waals surface area contributed by atoms with Gasteiger partial charge >= 0.3 is 0 Å². The Kier molecular flexibility index (Phi) is 26.1. The first-order chi connectivity index (χ1) is 28.9. The molecule has 0 aromatic heterocycles. The van der Waals surface area contributed by atoms with Crippen molar-refractivity contribution in [2.24, 2.45) is 0 Å². The zero-order valence-electron chi connectivity index (χ0n) is 39.2. The smallest absolute Gasteiger partial charge is 0.199 e. The number of unbranched alkanes of at least 4 members (excludes halogenated alkanes) is 1. The van der Waals surface area contributed by atoms with E-state index in [4.69, 9.17) is 33.5 Å². The third-order valence-corrected chi connectivity index (χ3v) is 11.1. The molecule has 4 aromatic rings. The van der Waals surface area contributed by atoms with Crippen LogP contribution in [0.25, 0.3) is 0 Å². The summed E-state index contributed by atoms with van der Waals surface area (Å²) in [6.07, 6.45) is 6.60. The van der Waals surface area contributed by atoms with Gasteiger partial charge in [0, 0.05) is 13.0 Å². The molecule has 0 aliphatic rings. The van der Waals surface area contributed by atoms with Crippen molar-refractivity contribution >= 4 is 0 Å². The van der Waals surface area contributed by atoms with E-state index in [0.717, 1.165) is 62.2 Å². The quantitative estimate of drug-likeness (QED) is 0.0557. The molecule has 1 N–H and O–H groups in total. The van der Waals surface area contributed by atoms with Gasteiger partial charge in [0.25, 0.3) is 0 Å². The van der Waals surface area contributed by atoms with Gasteiger partial charge < -0.3 is 33.5 Å². The highest BCUT2D eigenvalue weighted by atomic mass is 16.7. The summed E-state index contributed by atoms with van der Waals surface area (Å²) < 4.78 is 34.5. The predicted octanol–water partition coefficient (Wildman–Crippen LogP) is 14.9. The second-order valence-corrected chi connectivity index (χ2v) is 15.8. The van der Waals surface area contributed by atoms with E-state index in [1.165, 1.54) is 22.3 Å². The van der Waals surface area contributed by atoms with E-state index in [-0.39, 0.29) is 18.9 Å². The molecule has 60 heavy (non-hydrogen) atoms. The van der Waals surface area contributed by atoms with Crippen LogP contribution in [0.3, 0.4) is 0 Å². The third-order valence-electron chi connectivity index (χ3n) is 11.1. The summed E-state index contributed by atoms with van der Waals surface area (Å²) in [6, 6.07) is 32.4. The van der Waals surface area contributed by atoms with Crippen LogP contribution in [0, 0.1) is 0 Å². The van der Waals surface area contributed by atoms with Gasteiger partial charge in [-0.1, -0.05) is 111 Å². The van der Waals surface area contributed by atoms with Crippen LogP contribution in [0.5, 0.6) is 23.0 Å². The molecular formula is C53H80O7. The van der Waals surface area contributed by atoms with Crippen molar-refractivity contribution in [3.63, 3.8) is 0 Å². The van der Waals surface area contributed by atoms with Crippen LogP contribution >= 0.6 is 0 Å². The van der Waals surface area contributed by atoms with Crippen molar-refractivity contribution in [1.29, 1.82) is 0 Å². The summed E-state index contributed by atoms with van der Waals surface area (Å²) in [5, 5.41) is 9.01. The first-order valence-electron chi connectivity index (χ1n) is 22.8. The predicted molar refractivity (Wildman–Crippen MR) is 250 cm³/mol. The number of ether oxygens (including phenoxy) is 6. The fourth-order valence-corrected chi connectivity index (χ4v) is 6.10. The van der Waals surface area contributed by atoms with Gasteiger partial charge in [0.1, 0.15) is 23.0 Å².